The molecule has 10 heteroatoms. The number of rotatable bonds is 4. The number of benzene rings is 2. The van der Waals surface area contributed by atoms with Crippen molar-refractivity contribution < 1.29 is 14.5 Å². The minimum atomic E-state index is -0.747. The molecule has 1 saturated heterocycles. The van der Waals surface area contributed by atoms with E-state index >= 15 is 0 Å². The van der Waals surface area contributed by atoms with E-state index in [0.29, 0.717) is 17.0 Å². The van der Waals surface area contributed by atoms with Crippen LogP contribution in [-0.2, 0) is 4.79 Å². The van der Waals surface area contributed by atoms with Gasteiger partial charge in [-0.05, 0) is 30.3 Å². The molecule has 1 heterocycles. The molecule has 0 aromatic heterocycles. The molecule has 0 aliphatic carbocycles. The first-order valence-electron chi connectivity index (χ1n) is 8.04. The van der Waals surface area contributed by atoms with Gasteiger partial charge in [0.2, 0.25) is 5.91 Å². The maximum Gasteiger partial charge on any atom is 0.270 e. The van der Waals surface area contributed by atoms with Crippen LogP contribution in [0.25, 0.3) is 0 Å². The molecular formula is C18H13ClN4O4S. The third kappa shape index (κ3) is 4.08. The fourth-order valence-electron chi connectivity index (χ4n) is 2.66. The number of amides is 2. The maximum atomic E-state index is 12.9. The number of nitrogens with zero attached hydrogens (tertiary/aromatic N) is 3. The van der Waals surface area contributed by atoms with Gasteiger partial charge in [0.25, 0.3) is 11.6 Å². The van der Waals surface area contributed by atoms with Gasteiger partial charge in [0.15, 0.2) is 0 Å². The number of non-ortho nitro benzene ring substituents is 1. The first kappa shape index (κ1) is 19.7. The number of hydrogen-bond acceptors (Lipinski definition) is 6. The summed E-state index contributed by atoms with van der Waals surface area (Å²) in [5, 5.41) is 22.6. The smallest absolute Gasteiger partial charge is 0.270 e. The molecule has 8 nitrogen and oxygen atoms in total. The van der Waals surface area contributed by atoms with Crippen molar-refractivity contribution >= 4 is 46.6 Å². The van der Waals surface area contributed by atoms with Crippen molar-refractivity contribution in [1.82, 2.24) is 4.90 Å². The van der Waals surface area contributed by atoms with Gasteiger partial charge in [-0.15, -0.1) is 11.8 Å². The number of carbonyl (C=O) groups excluding carboxylic acids is 2. The van der Waals surface area contributed by atoms with Gasteiger partial charge < -0.3 is 10.2 Å². The zero-order chi connectivity index (χ0) is 20.3. The number of nitrogens with one attached hydrogen (secondary N) is 1. The van der Waals surface area contributed by atoms with Crippen LogP contribution in [0.15, 0.2) is 42.5 Å². The van der Waals surface area contributed by atoms with Crippen LogP contribution < -0.4 is 5.32 Å². The minimum absolute atomic E-state index is 0.0189. The summed E-state index contributed by atoms with van der Waals surface area (Å²) in [7, 11) is 0. The highest BCUT2D eigenvalue weighted by atomic mass is 35.5. The third-order valence-corrected chi connectivity index (χ3v) is 5.46. The molecule has 0 radical (unpaired) electrons. The Kier molecular flexibility index (Phi) is 5.82. The lowest BCUT2D eigenvalue weighted by Gasteiger charge is -2.23. The van der Waals surface area contributed by atoms with E-state index in [0.717, 1.165) is 6.07 Å². The summed E-state index contributed by atoms with van der Waals surface area (Å²) >= 11 is 7.45. The van der Waals surface area contributed by atoms with Gasteiger partial charge in [-0.1, -0.05) is 11.6 Å². The Morgan fingerprint density at radius 3 is 2.64 bits per heavy atom. The summed E-state index contributed by atoms with van der Waals surface area (Å²) in [5.74, 6) is -0.271. The average molecular weight is 417 g/mol. The Balaban J connectivity index is 1.79. The lowest BCUT2D eigenvalue weighted by atomic mass is 10.1. The highest BCUT2D eigenvalue weighted by Crippen LogP contribution is 2.29. The van der Waals surface area contributed by atoms with Crippen LogP contribution in [0.3, 0.4) is 0 Å². The number of nitro groups is 1. The van der Waals surface area contributed by atoms with E-state index in [1.807, 2.05) is 6.07 Å². The van der Waals surface area contributed by atoms with E-state index in [2.05, 4.69) is 5.32 Å². The molecule has 1 aliphatic rings. The average Bonchev–Trinajstić information content (AvgIpc) is 3.18. The molecule has 0 bridgehead atoms. The SMILES string of the molecule is N#Cc1ccc(NC(=O)C2CSCN2C(=O)c2cc([N+](=O)[O-])ccc2Cl)cc1. The van der Waals surface area contributed by atoms with Crippen molar-refractivity contribution in [2.24, 2.45) is 0 Å². The van der Waals surface area contributed by atoms with Crippen molar-refractivity contribution in [3.8, 4) is 6.07 Å². The van der Waals surface area contributed by atoms with E-state index in [1.165, 1.54) is 28.8 Å². The Hall–Kier alpha value is -3.09. The van der Waals surface area contributed by atoms with Crippen LogP contribution in [0.2, 0.25) is 5.02 Å². The standard InChI is InChI=1S/C18H13ClN4O4S/c19-15-6-5-13(23(26)27)7-14(15)18(25)22-10-28-9-16(22)17(24)21-12-3-1-11(8-20)2-4-12/h1-7,16H,9-10H2,(H,21,24). The lowest BCUT2D eigenvalue weighted by molar-refractivity contribution is -0.384. The molecule has 0 saturated carbocycles. The Labute approximate surface area is 169 Å². The van der Waals surface area contributed by atoms with Crippen molar-refractivity contribution in [2.45, 2.75) is 6.04 Å². The van der Waals surface area contributed by atoms with E-state index in [4.69, 9.17) is 16.9 Å². The van der Waals surface area contributed by atoms with Crippen LogP contribution in [0.4, 0.5) is 11.4 Å². The fourth-order valence-corrected chi connectivity index (χ4v) is 4.01. The Morgan fingerprint density at radius 1 is 1.29 bits per heavy atom. The molecule has 2 amide bonds. The number of thioether (sulfide) groups is 1. The van der Waals surface area contributed by atoms with Gasteiger partial charge in [-0.3, -0.25) is 19.7 Å². The second-order valence-corrected chi connectivity index (χ2v) is 7.30. The summed E-state index contributed by atoms with van der Waals surface area (Å²) in [5.41, 5.74) is 0.695. The van der Waals surface area contributed by atoms with Crippen molar-refractivity contribution in [2.75, 3.05) is 16.9 Å². The molecular weight excluding hydrogens is 404 g/mol. The Morgan fingerprint density at radius 2 is 2.00 bits per heavy atom. The normalized spacial score (nSPS) is 15.7. The molecule has 1 N–H and O–H groups in total. The monoisotopic (exact) mass is 416 g/mol. The van der Waals surface area contributed by atoms with Gasteiger partial charge >= 0.3 is 0 Å². The number of carbonyl (C=O) groups is 2. The molecule has 1 fully saturated rings. The van der Waals surface area contributed by atoms with E-state index in [1.54, 1.807) is 24.3 Å². The molecule has 1 unspecified atom stereocenters. The van der Waals surface area contributed by atoms with Crippen molar-refractivity contribution in [3.05, 3.63) is 68.7 Å². The molecule has 0 spiro atoms. The molecule has 3 rings (SSSR count). The molecule has 2 aromatic rings. The van der Waals surface area contributed by atoms with Crippen LogP contribution in [0.1, 0.15) is 15.9 Å². The van der Waals surface area contributed by atoms with Gasteiger partial charge in [0.05, 0.1) is 33.0 Å². The molecule has 1 aliphatic heterocycles. The molecule has 2 aromatic carbocycles. The summed E-state index contributed by atoms with van der Waals surface area (Å²) in [6.45, 7) is 0. The minimum Gasteiger partial charge on any atom is -0.324 e. The number of halogens is 1. The van der Waals surface area contributed by atoms with Crippen molar-refractivity contribution in [3.63, 3.8) is 0 Å². The highest BCUT2D eigenvalue weighted by molar-refractivity contribution is 7.99. The summed E-state index contributed by atoms with van der Waals surface area (Å²) in [6, 6.07) is 11.2. The number of nitriles is 1. The molecule has 28 heavy (non-hydrogen) atoms. The van der Waals surface area contributed by atoms with Crippen LogP contribution in [0, 0.1) is 21.4 Å². The molecule has 142 valence electrons. The van der Waals surface area contributed by atoms with E-state index < -0.39 is 16.9 Å². The maximum absolute atomic E-state index is 12.9. The Bertz CT molecular complexity index is 990. The zero-order valence-corrected chi connectivity index (χ0v) is 15.9. The van der Waals surface area contributed by atoms with Crippen LogP contribution >= 0.6 is 23.4 Å². The number of hydrogen-bond donors (Lipinski definition) is 1. The number of nitro benzene ring substituents is 1. The van der Waals surface area contributed by atoms with E-state index in [-0.39, 0.29) is 28.1 Å². The third-order valence-electron chi connectivity index (χ3n) is 4.12. The summed E-state index contributed by atoms with van der Waals surface area (Å²) in [6.07, 6.45) is 0. The number of anilines is 1. The van der Waals surface area contributed by atoms with E-state index in [9.17, 15) is 19.7 Å². The summed E-state index contributed by atoms with van der Waals surface area (Å²) < 4.78 is 0. The second kappa shape index (κ2) is 8.29. The molecule has 1 atom stereocenters. The van der Waals surface area contributed by atoms with Crippen LogP contribution in [0.5, 0.6) is 0 Å². The predicted octanol–water partition coefficient (Wildman–Crippen LogP) is 3.27. The van der Waals surface area contributed by atoms with Gasteiger partial charge in [0.1, 0.15) is 6.04 Å². The topological polar surface area (TPSA) is 116 Å². The summed E-state index contributed by atoms with van der Waals surface area (Å²) in [4.78, 5) is 37.2. The van der Waals surface area contributed by atoms with Gasteiger partial charge in [-0.25, -0.2) is 0 Å². The second-order valence-electron chi connectivity index (χ2n) is 5.89. The quantitative estimate of drug-likeness (QED) is 0.603. The van der Waals surface area contributed by atoms with Gasteiger partial charge in [-0.2, -0.15) is 5.26 Å². The zero-order valence-electron chi connectivity index (χ0n) is 14.3. The first-order valence-corrected chi connectivity index (χ1v) is 9.57. The van der Waals surface area contributed by atoms with Gasteiger partial charge in [0, 0.05) is 23.6 Å². The van der Waals surface area contributed by atoms with Crippen molar-refractivity contribution in [1.29, 1.82) is 5.26 Å². The lowest BCUT2D eigenvalue weighted by Crippen LogP contribution is -2.44. The largest absolute Gasteiger partial charge is 0.324 e. The fraction of sp³-hybridized carbons (Fsp3) is 0.167. The van der Waals surface area contributed by atoms with Crippen LogP contribution in [-0.4, -0.2) is 39.3 Å². The first-order chi connectivity index (χ1) is 13.4. The highest BCUT2D eigenvalue weighted by Gasteiger charge is 2.36. The predicted molar refractivity (Wildman–Crippen MR) is 105 cm³/mol.